The van der Waals surface area contributed by atoms with Crippen LogP contribution in [0, 0.1) is 0 Å². The van der Waals surface area contributed by atoms with E-state index in [1.54, 1.807) is 24.3 Å². The predicted octanol–water partition coefficient (Wildman–Crippen LogP) is 4.95. The van der Waals surface area contributed by atoms with Crippen molar-refractivity contribution in [3.05, 3.63) is 94.0 Å². The third kappa shape index (κ3) is 4.55. The van der Waals surface area contributed by atoms with Gasteiger partial charge >= 0.3 is 0 Å². The molecule has 0 aromatic heterocycles. The normalized spacial score (nSPS) is 15.3. The Hall–Kier alpha value is -2.96. The number of rotatable bonds is 4. The van der Waals surface area contributed by atoms with E-state index in [-0.39, 0.29) is 11.8 Å². The smallest absolute Gasteiger partial charge is 0.258 e. The highest BCUT2D eigenvalue weighted by atomic mass is 79.9. The number of halogens is 1. The number of fused-ring (bicyclic) bond motifs is 1. The SMILES string of the molecule is O=C(Nc1ccc(Br)cc1)c1ccc(NC(=O)[C@@H]2OCCc3ccccc32)cc1. The van der Waals surface area contributed by atoms with Crippen LogP contribution in [0.25, 0.3) is 0 Å². The fourth-order valence-corrected chi connectivity index (χ4v) is 3.52. The molecule has 1 atom stereocenters. The summed E-state index contributed by atoms with van der Waals surface area (Å²) in [6.07, 6.45) is 0.183. The second kappa shape index (κ2) is 8.59. The van der Waals surface area contributed by atoms with E-state index in [2.05, 4.69) is 26.6 Å². The average molecular weight is 451 g/mol. The fraction of sp³-hybridized carbons (Fsp3) is 0.130. The van der Waals surface area contributed by atoms with Gasteiger partial charge in [0.05, 0.1) is 6.61 Å². The van der Waals surface area contributed by atoms with Gasteiger partial charge in [-0.3, -0.25) is 9.59 Å². The zero-order chi connectivity index (χ0) is 20.2. The summed E-state index contributed by atoms with van der Waals surface area (Å²) in [4.78, 5) is 25.1. The molecule has 5 nitrogen and oxygen atoms in total. The molecule has 3 aromatic carbocycles. The second-order valence-corrected chi connectivity index (χ2v) is 7.64. The third-order valence-corrected chi connectivity index (χ3v) is 5.28. The Bertz CT molecular complexity index is 1030. The van der Waals surface area contributed by atoms with E-state index in [1.807, 2.05) is 48.5 Å². The first-order valence-corrected chi connectivity index (χ1v) is 10.1. The number of carbonyl (C=O) groups is 2. The molecule has 29 heavy (non-hydrogen) atoms. The molecule has 0 bridgehead atoms. The number of ether oxygens (including phenoxy) is 1. The van der Waals surface area contributed by atoms with Gasteiger partial charge in [0.2, 0.25) is 0 Å². The van der Waals surface area contributed by atoms with Gasteiger partial charge in [0.1, 0.15) is 0 Å². The summed E-state index contributed by atoms with van der Waals surface area (Å²) in [6.45, 7) is 0.518. The molecule has 0 spiro atoms. The van der Waals surface area contributed by atoms with Gasteiger partial charge in [-0.25, -0.2) is 0 Å². The first-order valence-electron chi connectivity index (χ1n) is 9.27. The number of amides is 2. The van der Waals surface area contributed by atoms with Crippen LogP contribution in [0.2, 0.25) is 0 Å². The number of benzene rings is 3. The van der Waals surface area contributed by atoms with Crippen LogP contribution < -0.4 is 10.6 Å². The summed E-state index contributed by atoms with van der Waals surface area (Å²) in [5, 5.41) is 5.71. The minimum atomic E-state index is -0.625. The molecule has 0 unspecified atom stereocenters. The first kappa shape index (κ1) is 19.4. The predicted molar refractivity (Wildman–Crippen MR) is 116 cm³/mol. The van der Waals surface area contributed by atoms with Crippen LogP contribution in [0.4, 0.5) is 11.4 Å². The Kier molecular flexibility index (Phi) is 5.74. The van der Waals surface area contributed by atoms with E-state index in [0.29, 0.717) is 23.5 Å². The Labute approximate surface area is 177 Å². The number of carbonyl (C=O) groups excluding carboxylic acids is 2. The lowest BCUT2D eigenvalue weighted by molar-refractivity contribution is -0.128. The highest BCUT2D eigenvalue weighted by Crippen LogP contribution is 2.28. The molecular weight excluding hydrogens is 432 g/mol. The standard InChI is InChI=1S/C23H19BrN2O3/c24-17-7-11-19(12-8-17)25-22(27)16-5-9-18(10-6-16)26-23(28)21-20-4-2-1-3-15(20)13-14-29-21/h1-12,21H,13-14H2,(H,25,27)(H,26,28)/t21-/m1/s1. The lowest BCUT2D eigenvalue weighted by Crippen LogP contribution is -2.28. The lowest BCUT2D eigenvalue weighted by Gasteiger charge is -2.25. The van der Waals surface area contributed by atoms with Crippen molar-refractivity contribution in [2.75, 3.05) is 17.2 Å². The van der Waals surface area contributed by atoms with Gasteiger partial charge in [-0.2, -0.15) is 0 Å². The van der Waals surface area contributed by atoms with Crippen LogP contribution in [-0.4, -0.2) is 18.4 Å². The van der Waals surface area contributed by atoms with Crippen LogP contribution in [0.1, 0.15) is 27.6 Å². The largest absolute Gasteiger partial charge is 0.363 e. The van der Waals surface area contributed by atoms with Crippen LogP contribution >= 0.6 is 15.9 Å². The van der Waals surface area contributed by atoms with Gasteiger partial charge in [-0.05, 0) is 66.1 Å². The van der Waals surface area contributed by atoms with E-state index in [4.69, 9.17) is 4.74 Å². The molecular formula is C23H19BrN2O3. The molecule has 4 rings (SSSR count). The van der Waals surface area contributed by atoms with Crippen LogP contribution in [-0.2, 0) is 16.0 Å². The third-order valence-electron chi connectivity index (χ3n) is 4.75. The minimum absolute atomic E-state index is 0.213. The molecule has 0 radical (unpaired) electrons. The van der Waals surface area contributed by atoms with Crippen LogP contribution in [0.3, 0.4) is 0 Å². The molecule has 0 aliphatic carbocycles. The van der Waals surface area contributed by atoms with Crippen molar-refractivity contribution in [3.63, 3.8) is 0 Å². The Morgan fingerprint density at radius 3 is 2.28 bits per heavy atom. The maximum absolute atomic E-state index is 12.7. The number of hydrogen-bond donors (Lipinski definition) is 2. The van der Waals surface area contributed by atoms with Crippen molar-refractivity contribution in [1.29, 1.82) is 0 Å². The van der Waals surface area contributed by atoms with Crippen molar-refractivity contribution in [1.82, 2.24) is 0 Å². The molecule has 2 N–H and O–H groups in total. The lowest BCUT2D eigenvalue weighted by atomic mass is 9.97. The molecule has 0 fully saturated rings. The quantitative estimate of drug-likeness (QED) is 0.590. The number of nitrogens with one attached hydrogen (secondary N) is 2. The van der Waals surface area contributed by atoms with E-state index in [9.17, 15) is 9.59 Å². The molecule has 3 aromatic rings. The average Bonchev–Trinajstić information content (AvgIpc) is 2.75. The van der Waals surface area contributed by atoms with Crippen molar-refractivity contribution < 1.29 is 14.3 Å². The molecule has 1 aliphatic heterocycles. The van der Waals surface area contributed by atoms with Gasteiger partial charge in [-0.15, -0.1) is 0 Å². The summed E-state index contributed by atoms with van der Waals surface area (Å²) in [7, 11) is 0. The molecule has 0 saturated carbocycles. The van der Waals surface area contributed by atoms with E-state index < -0.39 is 6.10 Å². The Balaban J connectivity index is 1.41. The summed E-state index contributed by atoms with van der Waals surface area (Å²) >= 11 is 3.37. The van der Waals surface area contributed by atoms with Gasteiger partial charge in [0.25, 0.3) is 11.8 Å². The van der Waals surface area contributed by atoms with Crippen LogP contribution in [0.5, 0.6) is 0 Å². The van der Waals surface area contributed by atoms with E-state index in [1.165, 1.54) is 0 Å². The molecule has 2 amide bonds. The van der Waals surface area contributed by atoms with Crippen molar-refractivity contribution in [3.8, 4) is 0 Å². The molecule has 0 saturated heterocycles. The van der Waals surface area contributed by atoms with Gasteiger partial charge in [-0.1, -0.05) is 40.2 Å². The monoisotopic (exact) mass is 450 g/mol. The van der Waals surface area contributed by atoms with Gasteiger partial charge in [0.15, 0.2) is 6.10 Å². The minimum Gasteiger partial charge on any atom is -0.363 e. The molecule has 146 valence electrons. The second-order valence-electron chi connectivity index (χ2n) is 6.73. The number of hydrogen-bond acceptors (Lipinski definition) is 3. The van der Waals surface area contributed by atoms with E-state index >= 15 is 0 Å². The van der Waals surface area contributed by atoms with Gasteiger partial charge < -0.3 is 15.4 Å². The van der Waals surface area contributed by atoms with E-state index in [0.717, 1.165) is 22.0 Å². The van der Waals surface area contributed by atoms with Crippen molar-refractivity contribution in [2.24, 2.45) is 0 Å². The highest BCUT2D eigenvalue weighted by molar-refractivity contribution is 9.10. The number of anilines is 2. The van der Waals surface area contributed by atoms with Crippen LogP contribution in [0.15, 0.2) is 77.3 Å². The Morgan fingerprint density at radius 2 is 1.52 bits per heavy atom. The summed E-state index contributed by atoms with van der Waals surface area (Å²) < 4.78 is 6.64. The van der Waals surface area contributed by atoms with Crippen molar-refractivity contribution in [2.45, 2.75) is 12.5 Å². The summed E-state index contributed by atoms with van der Waals surface area (Å²) in [5.41, 5.74) is 3.87. The summed E-state index contributed by atoms with van der Waals surface area (Å²) in [6, 6.07) is 22.0. The Morgan fingerprint density at radius 1 is 0.862 bits per heavy atom. The van der Waals surface area contributed by atoms with Gasteiger partial charge in [0, 0.05) is 21.4 Å². The molecule has 1 aliphatic rings. The molecule has 1 heterocycles. The topological polar surface area (TPSA) is 67.4 Å². The maximum Gasteiger partial charge on any atom is 0.258 e. The first-order chi connectivity index (χ1) is 14.1. The zero-order valence-corrected chi connectivity index (χ0v) is 17.1. The fourth-order valence-electron chi connectivity index (χ4n) is 3.26. The highest BCUT2D eigenvalue weighted by Gasteiger charge is 2.27. The zero-order valence-electron chi connectivity index (χ0n) is 15.5. The van der Waals surface area contributed by atoms with Crippen molar-refractivity contribution >= 4 is 39.1 Å². The summed E-state index contributed by atoms with van der Waals surface area (Å²) in [5.74, 6) is -0.432. The molecule has 6 heteroatoms. The maximum atomic E-state index is 12.7.